The molecule has 2 aromatic carbocycles. The number of hydrogen-bond donors (Lipinski definition) is 0. The second-order valence-corrected chi connectivity index (χ2v) is 13.1. The van der Waals surface area contributed by atoms with Gasteiger partial charge in [0.1, 0.15) is 0 Å². The third-order valence-electron chi connectivity index (χ3n) is 8.19. The van der Waals surface area contributed by atoms with Crippen molar-refractivity contribution in [3.8, 4) is 34.5 Å². The van der Waals surface area contributed by atoms with Crippen LogP contribution in [0.15, 0.2) is 35.3 Å². The molecule has 4 rings (SSSR count). The summed E-state index contributed by atoms with van der Waals surface area (Å²) in [5.74, 6) is 2.64. The van der Waals surface area contributed by atoms with Crippen LogP contribution in [0.3, 0.4) is 0 Å². The van der Waals surface area contributed by atoms with Crippen LogP contribution in [0.2, 0.25) is 0 Å². The van der Waals surface area contributed by atoms with Crippen LogP contribution in [-0.4, -0.2) is 67.8 Å². The van der Waals surface area contributed by atoms with Gasteiger partial charge in [-0.3, -0.25) is 9.59 Å². The monoisotopic (exact) mass is 730 g/mol. The van der Waals surface area contributed by atoms with Crippen LogP contribution < -0.4 is 37.6 Å². The fraction of sp³-hybridized carbons (Fsp3) is 0.444. The number of benzene rings is 2. The van der Waals surface area contributed by atoms with Gasteiger partial charge < -0.3 is 37.9 Å². The van der Waals surface area contributed by atoms with E-state index >= 15 is 0 Å². The maximum absolute atomic E-state index is 12.4. The molecule has 2 aromatic heterocycles. The molecule has 0 unspecified atom stereocenters. The number of aromatic nitrogens is 2. The topological polar surface area (TPSA) is 116 Å². The molecule has 14 heteroatoms. The first-order valence-corrected chi connectivity index (χ1v) is 17.7. The Morgan fingerprint density at radius 3 is 1.20 bits per heavy atom. The summed E-state index contributed by atoms with van der Waals surface area (Å²) >= 11 is 3.20. The first-order valence-electron chi connectivity index (χ1n) is 16.0. The number of methoxy groups -OCH3 is 6. The summed E-state index contributed by atoms with van der Waals surface area (Å²) in [6, 6.07) is 7.71. The van der Waals surface area contributed by atoms with Crippen LogP contribution >= 0.6 is 22.7 Å². The zero-order valence-corrected chi connectivity index (χ0v) is 31.5. The third-order valence-corrected chi connectivity index (χ3v) is 10.5. The molecule has 0 N–H and O–H groups in total. The van der Waals surface area contributed by atoms with E-state index in [1.807, 2.05) is 49.1 Å². The van der Waals surface area contributed by atoms with Crippen LogP contribution in [0.5, 0.6) is 34.5 Å². The zero-order valence-electron chi connectivity index (χ0n) is 29.9. The molecule has 0 radical (unpaired) electrons. The molecule has 0 bridgehead atoms. The van der Waals surface area contributed by atoms with Crippen molar-refractivity contribution < 1.29 is 56.6 Å². The van der Waals surface area contributed by atoms with E-state index in [1.165, 1.54) is 0 Å². The van der Waals surface area contributed by atoms with Crippen LogP contribution in [0.25, 0.3) is 0 Å². The number of ether oxygens (including phenoxy) is 8. The molecule has 12 nitrogen and oxygen atoms in total. The average Bonchev–Trinajstić information content (AvgIpc) is 3.65. The lowest BCUT2D eigenvalue weighted by atomic mass is 10.1. The molecule has 50 heavy (non-hydrogen) atoms. The van der Waals surface area contributed by atoms with Crippen molar-refractivity contribution in [1.82, 2.24) is 0 Å². The number of carbonyl (C=O) groups excluding carboxylic acids is 2. The Balaban J connectivity index is 1.18. The first-order chi connectivity index (χ1) is 24.1. The number of nitrogens with zero attached hydrogens (tertiary/aromatic N) is 2. The normalized spacial score (nSPS) is 10.8. The minimum atomic E-state index is -0.427. The van der Waals surface area contributed by atoms with Gasteiger partial charge in [-0.15, -0.1) is 0 Å². The summed E-state index contributed by atoms with van der Waals surface area (Å²) in [5.41, 5.74) is 8.23. The fourth-order valence-corrected chi connectivity index (χ4v) is 7.36. The van der Waals surface area contributed by atoms with Crippen molar-refractivity contribution in [1.29, 1.82) is 0 Å². The van der Waals surface area contributed by atoms with E-state index in [-0.39, 0.29) is 26.1 Å². The Bertz CT molecular complexity index is 1590. The molecule has 0 fully saturated rings. The molecule has 0 aliphatic heterocycles. The van der Waals surface area contributed by atoms with E-state index in [4.69, 9.17) is 37.9 Å². The number of carbonyl (C=O) groups is 2. The molecule has 0 atom stereocenters. The molecule has 2 heterocycles. The minimum Gasteiger partial charge on any atom is -0.493 e. The standard InChI is InChI=1S/C36H46N2O10S2/c1-23-31(49-21-37(23)19-25-15-27(41-3)35(45-7)28(16-25)42-4)11-13-47-33(39)9-10-34(40)48-14-12-32-24(2)38(22-50-32)20-26-17-29(43-5)36(46-8)30(18-26)44-6/h15-18,21-22H,9-14,19-20H2,1-8H3/q+2. The summed E-state index contributed by atoms with van der Waals surface area (Å²) in [6.07, 6.45) is 1.09. The predicted octanol–water partition coefficient (Wildman–Crippen LogP) is 4.80. The highest BCUT2D eigenvalue weighted by Gasteiger charge is 2.22. The Kier molecular flexibility index (Phi) is 14.1. The summed E-state index contributed by atoms with van der Waals surface area (Å²) < 4.78 is 47.9. The van der Waals surface area contributed by atoms with Gasteiger partial charge in [0, 0.05) is 37.8 Å². The van der Waals surface area contributed by atoms with Gasteiger partial charge in [-0.1, -0.05) is 22.7 Å². The minimum absolute atomic E-state index is 0.0315. The predicted molar refractivity (Wildman–Crippen MR) is 187 cm³/mol. The van der Waals surface area contributed by atoms with Gasteiger partial charge in [-0.05, 0) is 24.3 Å². The van der Waals surface area contributed by atoms with Crippen LogP contribution in [0, 0.1) is 13.8 Å². The summed E-state index contributed by atoms with van der Waals surface area (Å²) in [5, 5.41) is 0. The molecule has 0 amide bonds. The summed E-state index contributed by atoms with van der Waals surface area (Å²) in [7, 11) is 9.53. The van der Waals surface area contributed by atoms with Crippen LogP contribution in [0.1, 0.15) is 45.1 Å². The van der Waals surface area contributed by atoms with Crippen molar-refractivity contribution in [3.05, 3.63) is 67.6 Å². The van der Waals surface area contributed by atoms with Gasteiger partial charge in [-0.25, -0.2) is 0 Å². The second-order valence-electron chi connectivity index (χ2n) is 11.2. The third kappa shape index (κ3) is 9.57. The van der Waals surface area contributed by atoms with Gasteiger partial charge in [0.2, 0.25) is 22.5 Å². The highest BCUT2D eigenvalue weighted by atomic mass is 32.1. The van der Waals surface area contributed by atoms with Gasteiger partial charge in [0.25, 0.3) is 0 Å². The van der Waals surface area contributed by atoms with Gasteiger partial charge >= 0.3 is 11.9 Å². The molecule has 0 aliphatic rings. The lowest BCUT2D eigenvalue weighted by Crippen LogP contribution is -2.35. The van der Waals surface area contributed by atoms with Crippen molar-refractivity contribution in [2.24, 2.45) is 0 Å². The van der Waals surface area contributed by atoms with E-state index in [9.17, 15) is 9.59 Å². The van der Waals surface area contributed by atoms with E-state index in [1.54, 1.807) is 65.3 Å². The molecule has 0 spiro atoms. The molecule has 4 aromatic rings. The van der Waals surface area contributed by atoms with Crippen molar-refractivity contribution in [3.63, 3.8) is 0 Å². The highest BCUT2D eigenvalue weighted by molar-refractivity contribution is 7.09. The lowest BCUT2D eigenvalue weighted by molar-refractivity contribution is -0.689. The van der Waals surface area contributed by atoms with E-state index in [0.717, 1.165) is 32.3 Å². The van der Waals surface area contributed by atoms with Crippen molar-refractivity contribution in [2.45, 2.75) is 52.6 Å². The summed E-state index contributed by atoms with van der Waals surface area (Å²) in [4.78, 5) is 26.9. The zero-order chi connectivity index (χ0) is 36.2. The summed E-state index contributed by atoms with van der Waals surface area (Å²) in [6.45, 7) is 5.76. The molecular weight excluding hydrogens is 685 g/mol. The van der Waals surface area contributed by atoms with Gasteiger partial charge in [0.15, 0.2) is 47.5 Å². The van der Waals surface area contributed by atoms with Gasteiger partial charge in [0.05, 0.1) is 78.5 Å². The quantitative estimate of drug-likeness (QED) is 0.0985. The fourth-order valence-electron chi connectivity index (χ4n) is 5.41. The SMILES string of the molecule is COc1cc(C[n+]2csc(CCOC(=O)CCC(=O)OCCc3sc[n+](Cc4cc(OC)c(OC)c(OC)c4)c3C)c2C)cc(OC)c1OC. The largest absolute Gasteiger partial charge is 0.493 e. The number of rotatable bonds is 19. The van der Waals surface area contributed by atoms with E-state index in [2.05, 4.69) is 9.13 Å². The molecule has 270 valence electrons. The second kappa shape index (κ2) is 18.4. The maximum atomic E-state index is 12.4. The number of thiazole rings is 2. The maximum Gasteiger partial charge on any atom is 0.306 e. The number of hydrogen-bond acceptors (Lipinski definition) is 12. The lowest BCUT2D eigenvalue weighted by Gasteiger charge is -2.13. The van der Waals surface area contributed by atoms with E-state index in [0.29, 0.717) is 60.4 Å². The van der Waals surface area contributed by atoms with Crippen LogP contribution in [0.4, 0.5) is 0 Å². The average molecular weight is 731 g/mol. The Hall–Kier alpha value is -4.56. The van der Waals surface area contributed by atoms with Gasteiger partial charge in [-0.2, -0.15) is 9.13 Å². The molecule has 0 aliphatic carbocycles. The first kappa shape index (κ1) is 38.2. The van der Waals surface area contributed by atoms with Crippen LogP contribution in [-0.2, 0) is 45.0 Å². The Morgan fingerprint density at radius 2 is 0.900 bits per heavy atom. The van der Waals surface area contributed by atoms with Crippen molar-refractivity contribution >= 4 is 34.6 Å². The Morgan fingerprint density at radius 1 is 0.560 bits per heavy atom. The molecule has 0 saturated carbocycles. The highest BCUT2D eigenvalue weighted by Crippen LogP contribution is 2.39. The Labute approximate surface area is 301 Å². The molecule has 0 saturated heterocycles. The molecular formula is C36H46N2O10S2+2. The number of esters is 2. The van der Waals surface area contributed by atoms with Crippen molar-refractivity contribution in [2.75, 3.05) is 55.9 Å². The smallest absolute Gasteiger partial charge is 0.306 e. The van der Waals surface area contributed by atoms with E-state index < -0.39 is 11.9 Å².